The van der Waals surface area contributed by atoms with Gasteiger partial charge in [-0.1, -0.05) is 34.1 Å². The Kier molecular flexibility index (Phi) is 4.44. The molecule has 1 aliphatic heterocycles. The minimum absolute atomic E-state index is 0.176. The second-order valence-electron chi connectivity index (χ2n) is 6.97. The Hall–Kier alpha value is -2.58. The van der Waals surface area contributed by atoms with E-state index >= 15 is 0 Å². The fourth-order valence-corrected chi connectivity index (χ4v) is 4.02. The first-order valence-corrected chi connectivity index (χ1v) is 10.1. The molecule has 28 heavy (non-hydrogen) atoms. The van der Waals surface area contributed by atoms with E-state index in [9.17, 15) is 0 Å². The Balaban J connectivity index is 1.64. The Morgan fingerprint density at radius 1 is 1.21 bits per heavy atom. The topological polar surface area (TPSA) is 70.1 Å². The third-order valence-corrected chi connectivity index (χ3v) is 5.72. The molecule has 1 fully saturated rings. The summed E-state index contributed by atoms with van der Waals surface area (Å²) >= 11 is 3.62. The third kappa shape index (κ3) is 3.12. The fourth-order valence-electron chi connectivity index (χ4n) is 3.60. The van der Waals surface area contributed by atoms with Crippen molar-refractivity contribution in [2.75, 3.05) is 13.2 Å². The number of halogens is 1. The molecule has 0 saturated carbocycles. The Morgan fingerprint density at radius 2 is 2.11 bits per heavy atom. The number of nitrogens with zero attached hydrogens (tertiary/aromatic N) is 6. The molecular formula is C20H19BrN6O. The molecule has 0 bridgehead atoms. The summed E-state index contributed by atoms with van der Waals surface area (Å²) < 4.78 is 10.5. The number of rotatable bonds is 4. The molecule has 1 saturated heterocycles. The maximum absolute atomic E-state index is 5.61. The second kappa shape index (κ2) is 7.10. The summed E-state index contributed by atoms with van der Waals surface area (Å²) in [5.74, 6) is 1.58. The van der Waals surface area contributed by atoms with E-state index in [0.717, 1.165) is 51.7 Å². The third-order valence-electron chi connectivity index (χ3n) is 4.95. The number of benzene rings is 1. The van der Waals surface area contributed by atoms with E-state index in [1.54, 1.807) is 6.20 Å². The van der Waals surface area contributed by atoms with E-state index in [4.69, 9.17) is 14.8 Å². The van der Waals surface area contributed by atoms with Crippen LogP contribution < -0.4 is 0 Å². The van der Waals surface area contributed by atoms with Crippen LogP contribution in [-0.2, 0) is 11.2 Å². The van der Waals surface area contributed by atoms with E-state index < -0.39 is 0 Å². The van der Waals surface area contributed by atoms with Gasteiger partial charge in [-0.3, -0.25) is 0 Å². The monoisotopic (exact) mass is 438 g/mol. The molecule has 0 amide bonds. The zero-order valence-corrected chi connectivity index (χ0v) is 17.0. The molecule has 7 nitrogen and oxygen atoms in total. The largest absolute Gasteiger partial charge is 0.379 e. The number of aryl methyl sites for hydroxylation is 1. The predicted molar refractivity (Wildman–Crippen MR) is 108 cm³/mol. The fraction of sp³-hybridized carbons (Fsp3) is 0.300. The van der Waals surface area contributed by atoms with Gasteiger partial charge in [0.2, 0.25) is 0 Å². The number of aromatic nitrogens is 6. The smallest absolute Gasteiger partial charge is 0.177 e. The van der Waals surface area contributed by atoms with Gasteiger partial charge in [0, 0.05) is 29.3 Å². The van der Waals surface area contributed by atoms with Crippen LogP contribution in [0.5, 0.6) is 0 Å². The SMILES string of the molecule is Cc1cc(-c2nc(Cc3ccccc3Br)nn2C2CCOC2)n2nccc2n1. The van der Waals surface area contributed by atoms with Gasteiger partial charge in [-0.25, -0.2) is 19.2 Å². The minimum Gasteiger partial charge on any atom is -0.379 e. The average molecular weight is 439 g/mol. The van der Waals surface area contributed by atoms with E-state index in [0.29, 0.717) is 13.0 Å². The number of ether oxygens (including phenoxy) is 1. The second-order valence-corrected chi connectivity index (χ2v) is 7.82. The molecule has 4 aromatic rings. The van der Waals surface area contributed by atoms with Crippen molar-refractivity contribution in [3.63, 3.8) is 0 Å². The van der Waals surface area contributed by atoms with Gasteiger partial charge in [-0.2, -0.15) is 10.2 Å². The first-order valence-electron chi connectivity index (χ1n) is 9.27. The Bertz CT molecular complexity index is 1140. The van der Waals surface area contributed by atoms with Gasteiger partial charge in [0.25, 0.3) is 0 Å². The lowest BCUT2D eigenvalue weighted by atomic mass is 10.1. The van der Waals surface area contributed by atoms with Gasteiger partial charge in [-0.15, -0.1) is 0 Å². The molecule has 8 heteroatoms. The van der Waals surface area contributed by atoms with Crippen LogP contribution in [0.2, 0.25) is 0 Å². The number of hydrogen-bond donors (Lipinski definition) is 0. The van der Waals surface area contributed by atoms with Crippen molar-refractivity contribution in [2.45, 2.75) is 25.8 Å². The lowest BCUT2D eigenvalue weighted by molar-refractivity contribution is 0.184. The van der Waals surface area contributed by atoms with Crippen molar-refractivity contribution in [3.8, 4) is 11.5 Å². The Labute approximate surface area is 170 Å². The first kappa shape index (κ1) is 17.5. The van der Waals surface area contributed by atoms with Crippen LogP contribution >= 0.6 is 15.9 Å². The van der Waals surface area contributed by atoms with Crippen molar-refractivity contribution in [3.05, 3.63) is 64.1 Å². The maximum atomic E-state index is 5.61. The molecule has 0 aliphatic carbocycles. The van der Waals surface area contributed by atoms with Crippen LogP contribution in [0.4, 0.5) is 0 Å². The zero-order valence-electron chi connectivity index (χ0n) is 15.4. The molecule has 142 valence electrons. The molecule has 1 unspecified atom stereocenters. The molecule has 0 spiro atoms. The summed E-state index contributed by atoms with van der Waals surface area (Å²) in [4.78, 5) is 9.47. The van der Waals surface area contributed by atoms with E-state index in [1.165, 1.54) is 0 Å². The van der Waals surface area contributed by atoms with Gasteiger partial charge in [0.15, 0.2) is 17.3 Å². The highest BCUT2D eigenvalue weighted by Crippen LogP contribution is 2.28. The number of hydrogen-bond acceptors (Lipinski definition) is 5. The molecule has 0 N–H and O–H groups in total. The van der Waals surface area contributed by atoms with Crippen LogP contribution in [0.1, 0.15) is 29.5 Å². The van der Waals surface area contributed by atoms with Crippen LogP contribution in [0, 0.1) is 6.92 Å². The predicted octanol–water partition coefficient (Wildman–Crippen LogP) is 3.61. The van der Waals surface area contributed by atoms with Crippen LogP contribution in [0.3, 0.4) is 0 Å². The normalized spacial score (nSPS) is 16.9. The van der Waals surface area contributed by atoms with Crippen molar-refractivity contribution in [1.82, 2.24) is 29.4 Å². The van der Waals surface area contributed by atoms with Gasteiger partial charge < -0.3 is 4.74 Å². The quantitative estimate of drug-likeness (QED) is 0.486. The highest BCUT2D eigenvalue weighted by atomic mass is 79.9. The van der Waals surface area contributed by atoms with E-state index in [-0.39, 0.29) is 6.04 Å². The minimum atomic E-state index is 0.176. The highest BCUT2D eigenvalue weighted by molar-refractivity contribution is 9.10. The summed E-state index contributed by atoms with van der Waals surface area (Å²) in [5.41, 5.74) is 3.78. The lowest BCUT2D eigenvalue weighted by Gasteiger charge is -2.12. The van der Waals surface area contributed by atoms with Crippen molar-refractivity contribution in [2.24, 2.45) is 0 Å². The molecule has 1 atom stereocenters. The molecule has 4 heterocycles. The molecular weight excluding hydrogens is 420 g/mol. The standard InChI is InChI=1S/C20H19BrN6O/c1-13-10-17(27-19(23-13)6-8-22-27)20-24-18(11-14-4-2-3-5-16(14)21)25-26(20)15-7-9-28-12-15/h2-6,8,10,15H,7,9,11-12H2,1H3. The zero-order chi connectivity index (χ0) is 19.1. The van der Waals surface area contributed by atoms with Crippen LogP contribution in [-0.4, -0.2) is 42.6 Å². The molecule has 5 rings (SSSR count). The van der Waals surface area contributed by atoms with Gasteiger partial charge in [-0.05, 0) is 31.0 Å². The highest BCUT2D eigenvalue weighted by Gasteiger charge is 2.25. The summed E-state index contributed by atoms with van der Waals surface area (Å²) in [5, 5.41) is 9.31. The first-order chi connectivity index (χ1) is 13.7. The summed E-state index contributed by atoms with van der Waals surface area (Å²) in [6.45, 7) is 3.38. The van der Waals surface area contributed by atoms with Crippen molar-refractivity contribution in [1.29, 1.82) is 0 Å². The van der Waals surface area contributed by atoms with Gasteiger partial charge >= 0.3 is 0 Å². The molecule has 1 aliphatic rings. The molecule has 3 aromatic heterocycles. The summed E-state index contributed by atoms with van der Waals surface area (Å²) in [6.07, 6.45) is 3.34. The van der Waals surface area contributed by atoms with Crippen LogP contribution in [0.25, 0.3) is 17.2 Å². The van der Waals surface area contributed by atoms with Crippen molar-refractivity contribution >= 4 is 21.6 Å². The molecule has 1 aromatic carbocycles. The van der Waals surface area contributed by atoms with E-state index in [1.807, 2.05) is 46.5 Å². The summed E-state index contributed by atoms with van der Waals surface area (Å²) in [6, 6.07) is 12.3. The van der Waals surface area contributed by atoms with Gasteiger partial charge in [0.1, 0.15) is 5.69 Å². The van der Waals surface area contributed by atoms with E-state index in [2.05, 4.69) is 32.1 Å². The Morgan fingerprint density at radius 3 is 2.93 bits per heavy atom. The summed E-state index contributed by atoms with van der Waals surface area (Å²) in [7, 11) is 0. The van der Waals surface area contributed by atoms with Crippen molar-refractivity contribution < 1.29 is 4.74 Å². The number of fused-ring (bicyclic) bond motifs is 1. The van der Waals surface area contributed by atoms with Gasteiger partial charge in [0.05, 0.1) is 18.8 Å². The maximum Gasteiger partial charge on any atom is 0.177 e. The van der Waals surface area contributed by atoms with Crippen LogP contribution in [0.15, 0.2) is 47.1 Å². The lowest BCUT2D eigenvalue weighted by Crippen LogP contribution is -2.14. The molecule has 0 radical (unpaired) electrons. The average Bonchev–Trinajstić information content (AvgIpc) is 3.43.